The first-order valence-electron chi connectivity index (χ1n) is 7.14. The number of carbonyl (C=O) groups excluding carboxylic acids is 1. The monoisotopic (exact) mass is 269 g/mol. The quantitative estimate of drug-likeness (QED) is 0.825. The first-order valence-corrected chi connectivity index (χ1v) is 7.14. The van der Waals surface area contributed by atoms with Gasteiger partial charge in [-0.1, -0.05) is 6.42 Å². The Hall–Kier alpha value is -1.10. The van der Waals surface area contributed by atoms with Crippen molar-refractivity contribution in [2.24, 2.45) is 11.8 Å². The van der Waals surface area contributed by atoms with Gasteiger partial charge in [0.2, 0.25) is 5.91 Å². The van der Waals surface area contributed by atoms with Crippen LogP contribution >= 0.6 is 0 Å². The van der Waals surface area contributed by atoms with E-state index < -0.39 is 5.97 Å². The first kappa shape index (κ1) is 14.3. The summed E-state index contributed by atoms with van der Waals surface area (Å²) in [7, 11) is 0. The Bertz CT molecular complexity index is 357. The van der Waals surface area contributed by atoms with Gasteiger partial charge in [0.05, 0.1) is 24.7 Å². The van der Waals surface area contributed by atoms with Crippen molar-refractivity contribution < 1.29 is 19.4 Å². The van der Waals surface area contributed by atoms with Gasteiger partial charge in [-0.25, -0.2) is 0 Å². The molecule has 0 unspecified atom stereocenters. The molecule has 1 saturated carbocycles. The molecule has 0 aromatic rings. The number of carboxylic acid groups (broad SMARTS) is 1. The van der Waals surface area contributed by atoms with Crippen LogP contribution in [0.2, 0.25) is 0 Å². The number of nitrogens with zero attached hydrogens (tertiary/aromatic N) is 1. The van der Waals surface area contributed by atoms with E-state index in [0.29, 0.717) is 26.0 Å². The standard InChI is InChI=1S/C14H23NO4/c1-9-8-19-10(2)7-15(9)13(16)11-4-3-5-12(6-11)14(17)18/h9-12H,3-8H2,1-2H3,(H,17,18)/t9-,10-,11-,12-/m1/s1. The molecular weight excluding hydrogens is 246 g/mol. The van der Waals surface area contributed by atoms with E-state index in [2.05, 4.69) is 0 Å². The van der Waals surface area contributed by atoms with Crippen LogP contribution in [0.1, 0.15) is 39.5 Å². The van der Waals surface area contributed by atoms with Crippen LogP contribution in [0.4, 0.5) is 0 Å². The molecule has 0 aromatic heterocycles. The van der Waals surface area contributed by atoms with Crippen LogP contribution < -0.4 is 0 Å². The number of morpholine rings is 1. The van der Waals surface area contributed by atoms with Crippen LogP contribution in [-0.2, 0) is 14.3 Å². The minimum Gasteiger partial charge on any atom is -0.481 e. The van der Waals surface area contributed by atoms with Crippen molar-refractivity contribution in [3.63, 3.8) is 0 Å². The van der Waals surface area contributed by atoms with E-state index in [1.807, 2.05) is 18.7 Å². The number of aliphatic carboxylic acids is 1. The maximum Gasteiger partial charge on any atom is 0.306 e. The van der Waals surface area contributed by atoms with Crippen molar-refractivity contribution in [3.05, 3.63) is 0 Å². The van der Waals surface area contributed by atoms with Crippen molar-refractivity contribution in [2.45, 2.75) is 51.7 Å². The maximum absolute atomic E-state index is 12.6. The molecule has 1 amide bonds. The molecule has 1 N–H and O–H groups in total. The summed E-state index contributed by atoms with van der Waals surface area (Å²) in [5.74, 6) is -1.12. The lowest BCUT2D eigenvalue weighted by Gasteiger charge is -2.40. The van der Waals surface area contributed by atoms with Crippen molar-refractivity contribution >= 4 is 11.9 Å². The summed E-state index contributed by atoms with van der Waals surface area (Å²) in [6.45, 7) is 5.14. The van der Waals surface area contributed by atoms with E-state index >= 15 is 0 Å². The molecule has 5 heteroatoms. The van der Waals surface area contributed by atoms with Crippen molar-refractivity contribution in [1.29, 1.82) is 0 Å². The number of hydrogen-bond acceptors (Lipinski definition) is 3. The molecular formula is C14H23NO4. The van der Waals surface area contributed by atoms with E-state index in [1.165, 1.54) is 0 Å². The Morgan fingerprint density at radius 1 is 1.21 bits per heavy atom. The number of carbonyl (C=O) groups is 2. The van der Waals surface area contributed by atoms with Crippen LogP contribution in [0, 0.1) is 11.8 Å². The zero-order valence-corrected chi connectivity index (χ0v) is 11.7. The Morgan fingerprint density at radius 2 is 1.89 bits per heavy atom. The van der Waals surface area contributed by atoms with Gasteiger partial charge in [-0.05, 0) is 33.1 Å². The van der Waals surface area contributed by atoms with E-state index in [1.54, 1.807) is 0 Å². The van der Waals surface area contributed by atoms with Gasteiger partial charge in [0.1, 0.15) is 0 Å². The van der Waals surface area contributed by atoms with Gasteiger partial charge in [0, 0.05) is 12.5 Å². The molecule has 5 nitrogen and oxygen atoms in total. The maximum atomic E-state index is 12.6. The highest BCUT2D eigenvalue weighted by atomic mass is 16.5. The fourth-order valence-electron chi connectivity index (χ4n) is 3.08. The molecule has 1 heterocycles. The van der Waals surface area contributed by atoms with Crippen molar-refractivity contribution in [1.82, 2.24) is 4.90 Å². The third-order valence-electron chi connectivity index (χ3n) is 4.26. The van der Waals surface area contributed by atoms with Gasteiger partial charge in [-0.3, -0.25) is 9.59 Å². The number of ether oxygens (including phenoxy) is 1. The highest BCUT2D eigenvalue weighted by Gasteiger charge is 2.36. The van der Waals surface area contributed by atoms with Gasteiger partial charge in [-0.2, -0.15) is 0 Å². The molecule has 0 spiro atoms. The molecule has 108 valence electrons. The lowest BCUT2D eigenvalue weighted by Crippen LogP contribution is -2.52. The number of hydrogen-bond donors (Lipinski definition) is 1. The zero-order chi connectivity index (χ0) is 14.0. The average Bonchev–Trinajstić information content (AvgIpc) is 2.41. The van der Waals surface area contributed by atoms with Gasteiger partial charge < -0.3 is 14.7 Å². The van der Waals surface area contributed by atoms with Gasteiger partial charge in [-0.15, -0.1) is 0 Å². The average molecular weight is 269 g/mol. The summed E-state index contributed by atoms with van der Waals surface area (Å²) in [5.41, 5.74) is 0. The van der Waals surface area contributed by atoms with Crippen LogP contribution in [-0.4, -0.2) is 47.2 Å². The second-order valence-electron chi connectivity index (χ2n) is 5.88. The van der Waals surface area contributed by atoms with Gasteiger partial charge in [0.15, 0.2) is 0 Å². The number of carboxylic acids is 1. The third kappa shape index (κ3) is 3.26. The Morgan fingerprint density at radius 3 is 2.58 bits per heavy atom. The van der Waals surface area contributed by atoms with Gasteiger partial charge >= 0.3 is 5.97 Å². The summed E-state index contributed by atoms with van der Waals surface area (Å²) in [6.07, 6.45) is 2.92. The van der Waals surface area contributed by atoms with Crippen LogP contribution in [0.25, 0.3) is 0 Å². The molecule has 19 heavy (non-hydrogen) atoms. The predicted octanol–water partition coefficient (Wildman–Crippen LogP) is 1.51. The first-order chi connectivity index (χ1) is 8.99. The largest absolute Gasteiger partial charge is 0.481 e. The molecule has 1 aliphatic carbocycles. The Labute approximate surface area is 113 Å². The molecule has 0 aromatic carbocycles. The number of rotatable bonds is 2. The van der Waals surface area contributed by atoms with Crippen LogP contribution in [0.5, 0.6) is 0 Å². The molecule has 1 saturated heterocycles. The summed E-state index contributed by atoms with van der Waals surface area (Å²) >= 11 is 0. The fraction of sp³-hybridized carbons (Fsp3) is 0.857. The Kier molecular flexibility index (Phi) is 4.45. The van der Waals surface area contributed by atoms with Crippen LogP contribution in [0.3, 0.4) is 0 Å². The molecule has 4 atom stereocenters. The second kappa shape index (κ2) is 5.90. The highest BCUT2D eigenvalue weighted by Crippen LogP contribution is 2.31. The van der Waals surface area contributed by atoms with E-state index in [-0.39, 0.29) is 29.9 Å². The minimum absolute atomic E-state index is 0.0685. The lowest BCUT2D eigenvalue weighted by molar-refractivity contribution is -0.151. The highest BCUT2D eigenvalue weighted by molar-refractivity contribution is 5.80. The number of amides is 1. The predicted molar refractivity (Wildman–Crippen MR) is 69.7 cm³/mol. The van der Waals surface area contributed by atoms with Crippen LogP contribution in [0.15, 0.2) is 0 Å². The van der Waals surface area contributed by atoms with E-state index in [9.17, 15) is 9.59 Å². The smallest absolute Gasteiger partial charge is 0.306 e. The van der Waals surface area contributed by atoms with Crippen molar-refractivity contribution in [2.75, 3.05) is 13.2 Å². The lowest BCUT2D eigenvalue weighted by atomic mass is 9.80. The Balaban J connectivity index is 2.00. The molecule has 0 radical (unpaired) electrons. The summed E-state index contributed by atoms with van der Waals surface area (Å²) in [6, 6.07) is 0.0916. The molecule has 2 fully saturated rings. The minimum atomic E-state index is -0.763. The van der Waals surface area contributed by atoms with Gasteiger partial charge in [0.25, 0.3) is 0 Å². The fourth-order valence-corrected chi connectivity index (χ4v) is 3.08. The SMILES string of the molecule is C[C@@H]1CN(C(=O)[C@@H]2CCC[C@@H](C(=O)O)C2)[C@H](C)CO1. The summed E-state index contributed by atoms with van der Waals surface area (Å²) in [4.78, 5) is 25.5. The zero-order valence-electron chi connectivity index (χ0n) is 11.7. The molecule has 2 aliphatic rings. The van der Waals surface area contributed by atoms with E-state index in [4.69, 9.17) is 9.84 Å². The van der Waals surface area contributed by atoms with E-state index in [0.717, 1.165) is 12.8 Å². The summed E-state index contributed by atoms with van der Waals surface area (Å²) in [5, 5.41) is 9.10. The second-order valence-corrected chi connectivity index (χ2v) is 5.88. The molecule has 2 rings (SSSR count). The molecule has 0 bridgehead atoms. The normalized spacial score (nSPS) is 36.0. The van der Waals surface area contributed by atoms with Crippen molar-refractivity contribution in [3.8, 4) is 0 Å². The topological polar surface area (TPSA) is 66.8 Å². The summed E-state index contributed by atoms with van der Waals surface area (Å²) < 4.78 is 5.53. The third-order valence-corrected chi connectivity index (χ3v) is 4.26. The molecule has 1 aliphatic heterocycles.